The lowest BCUT2D eigenvalue weighted by Crippen LogP contribution is -2.11. The number of hydrogen-bond donors (Lipinski definition) is 1. The molecule has 0 atom stereocenters. The summed E-state index contributed by atoms with van der Waals surface area (Å²) in [6, 6.07) is 4.58. The van der Waals surface area contributed by atoms with Crippen LogP contribution in [0, 0.1) is 6.92 Å². The summed E-state index contributed by atoms with van der Waals surface area (Å²) >= 11 is 0. The smallest absolute Gasteiger partial charge is 0.356 e. The molecular weight excluding hydrogens is 265 g/mol. The van der Waals surface area contributed by atoms with E-state index < -0.39 is 11.7 Å². The summed E-state index contributed by atoms with van der Waals surface area (Å²) in [5.74, 6) is 0. The van der Waals surface area contributed by atoms with Gasteiger partial charge in [-0.05, 0) is 30.7 Å². The minimum absolute atomic E-state index is 0.0334. The monoisotopic (exact) mass is 282 g/mol. The first kappa shape index (κ1) is 14.6. The van der Waals surface area contributed by atoms with Crippen LogP contribution in [0.2, 0.25) is 0 Å². The number of hydrogen-bond acceptors (Lipinski definition) is 1. The van der Waals surface area contributed by atoms with Gasteiger partial charge in [0.2, 0.25) is 0 Å². The van der Waals surface area contributed by atoms with Crippen LogP contribution in [0.3, 0.4) is 0 Å². The third-order valence-electron chi connectivity index (χ3n) is 3.10. The predicted molar refractivity (Wildman–Crippen MR) is 72.5 cm³/mol. The van der Waals surface area contributed by atoms with Gasteiger partial charge in [-0.25, -0.2) is 0 Å². The first-order valence-electron chi connectivity index (χ1n) is 6.33. The first-order valence-corrected chi connectivity index (χ1v) is 6.33. The van der Waals surface area contributed by atoms with Crippen LogP contribution < -0.4 is 0 Å². The summed E-state index contributed by atoms with van der Waals surface area (Å²) < 4.78 is 39.6. The number of aryl methyl sites for hydroxylation is 1. The Labute approximate surface area is 116 Å². The molecule has 0 unspecified atom stereocenters. The molecule has 5 heteroatoms. The summed E-state index contributed by atoms with van der Waals surface area (Å²) in [6.45, 7) is 7.43. The van der Waals surface area contributed by atoms with Crippen LogP contribution >= 0.6 is 0 Å². The largest absolute Gasteiger partial charge is 0.418 e. The van der Waals surface area contributed by atoms with E-state index in [0.717, 1.165) is 5.56 Å². The van der Waals surface area contributed by atoms with Crippen molar-refractivity contribution in [3.63, 3.8) is 0 Å². The Hall–Kier alpha value is -1.78. The van der Waals surface area contributed by atoms with Crippen molar-refractivity contribution in [2.75, 3.05) is 0 Å². The maximum absolute atomic E-state index is 13.2. The second-order valence-electron chi connectivity index (χ2n) is 5.94. The van der Waals surface area contributed by atoms with E-state index in [-0.39, 0.29) is 11.1 Å². The Balaban J connectivity index is 2.65. The molecule has 2 heterocycles. The Morgan fingerprint density at radius 3 is 2.25 bits per heavy atom. The minimum Gasteiger partial charge on any atom is -0.356 e. The lowest BCUT2D eigenvalue weighted by molar-refractivity contribution is -0.137. The lowest BCUT2D eigenvalue weighted by atomic mass is 9.92. The molecule has 0 aromatic carbocycles. The second-order valence-corrected chi connectivity index (χ2v) is 5.94. The number of pyridine rings is 1. The van der Waals surface area contributed by atoms with Gasteiger partial charge in [0.1, 0.15) is 0 Å². The number of halogens is 3. The Morgan fingerprint density at radius 2 is 1.75 bits per heavy atom. The number of rotatable bonds is 1. The van der Waals surface area contributed by atoms with Gasteiger partial charge in [-0.3, -0.25) is 4.98 Å². The number of aromatic amines is 1. The van der Waals surface area contributed by atoms with Crippen molar-refractivity contribution in [2.24, 2.45) is 0 Å². The summed E-state index contributed by atoms with van der Waals surface area (Å²) in [5.41, 5.74) is 0.708. The van der Waals surface area contributed by atoms with Crippen molar-refractivity contribution in [3.05, 3.63) is 41.2 Å². The Kier molecular flexibility index (Phi) is 3.40. The molecule has 0 saturated heterocycles. The first-order chi connectivity index (χ1) is 9.09. The van der Waals surface area contributed by atoms with Crippen LogP contribution in [-0.2, 0) is 11.6 Å². The minimum atomic E-state index is -4.40. The SMILES string of the molecule is Cc1ccnc(-c2[nH]c(C(C)(C)C)cc2C(F)(F)F)c1. The van der Waals surface area contributed by atoms with E-state index in [4.69, 9.17) is 0 Å². The molecule has 1 N–H and O–H groups in total. The third kappa shape index (κ3) is 2.86. The number of aromatic nitrogens is 2. The van der Waals surface area contributed by atoms with Crippen molar-refractivity contribution < 1.29 is 13.2 Å². The van der Waals surface area contributed by atoms with E-state index >= 15 is 0 Å². The zero-order valence-electron chi connectivity index (χ0n) is 11.9. The van der Waals surface area contributed by atoms with Gasteiger partial charge in [0.15, 0.2) is 0 Å². The van der Waals surface area contributed by atoms with E-state index in [1.807, 2.05) is 27.7 Å². The molecule has 2 aromatic heterocycles. The van der Waals surface area contributed by atoms with E-state index in [1.54, 1.807) is 12.1 Å². The van der Waals surface area contributed by atoms with E-state index in [0.29, 0.717) is 11.4 Å². The fourth-order valence-corrected chi connectivity index (χ4v) is 1.96. The molecule has 2 aromatic rings. The predicted octanol–water partition coefficient (Wildman–Crippen LogP) is 4.70. The maximum atomic E-state index is 13.2. The van der Waals surface area contributed by atoms with Gasteiger partial charge in [-0.1, -0.05) is 20.8 Å². The molecule has 0 aliphatic rings. The standard InChI is InChI=1S/C15H17F3N2/c1-9-5-6-19-11(7-9)13-10(15(16,17)18)8-12(20-13)14(2,3)4/h5-8,20H,1-4H3. The molecule has 0 spiro atoms. The van der Waals surface area contributed by atoms with Gasteiger partial charge in [0.25, 0.3) is 0 Å². The average Bonchev–Trinajstić information content (AvgIpc) is 2.72. The number of H-pyrrole nitrogens is 1. The van der Waals surface area contributed by atoms with Crippen molar-refractivity contribution in [3.8, 4) is 11.4 Å². The molecule has 0 radical (unpaired) electrons. The molecule has 2 nitrogen and oxygen atoms in total. The van der Waals surface area contributed by atoms with Gasteiger partial charge in [-0.15, -0.1) is 0 Å². The van der Waals surface area contributed by atoms with Crippen LogP contribution in [0.25, 0.3) is 11.4 Å². The van der Waals surface area contributed by atoms with Crippen molar-refractivity contribution in [1.29, 1.82) is 0 Å². The van der Waals surface area contributed by atoms with Crippen molar-refractivity contribution in [2.45, 2.75) is 39.3 Å². The fraction of sp³-hybridized carbons (Fsp3) is 0.400. The molecular formula is C15H17F3N2. The highest BCUT2D eigenvalue weighted by molar-refractivity contribution is 5.62. The molecule has 2 rings (SSSR count). The average molecular weight is 282 g/mol. The van der Waals surface area contributed by atoms with Gasteiger partial charge in [0, 0.05) is 17.3 Å². The van der Waals surface area contributed by atoms with Gasteiger partial charge >= 0.3 is 6.18 Å². The zero-order chi connectivity index (χ0) is 15.1. The summed E-state index contributed by atoms with van der Waals surface area (Å²) in [7, 11) is 0. The fourth-order valence-electron chi connectivity index (χ4n) is 1.96. The van der Waals surface area contributed by atoms with Crippen LogP contribution in [-0.4, -0.2) is 9.97 Å². The van der Waals surface area contributed by atoms with Crippen LogP contribution in [0.1, 0.15) is 37.6 Å². The molecule has 0 amide bonds. The highest BCUT2D eigenvalue weighted by atomic mass is 19.4. The van der Waals surface area contributed by atoms with Gasteiger partial charge < -0.3 is 4.98 Å². The van der Waals surface area contributed by atoms with Crippen LogP contribution in [0.5, 0.6) is 0 Å². The third-order valence-corrected chi connectivity index (χ3v) is 3.10. The lowest BCUT2D eigenvalue weighted by Gasteiger charge is -2.16. The van der Waals surface area contributed by atoms with E-state index in [1.165, 1.54) is 12.3 Å². The molecule has 20 heavy (non-hydrogen) atoms. The summed E-state index contributed by atoms with van der Waals surface area (Å²) in [5, 5.41) is 0. The zero-order valence-corrected chi connectivity index (χ0v) is 11.9. The molecule has 0 bridgehead atoms. The number of nitrogens with zero attached hydrogens (tertiary/aromatic N) is 1. The summed E-state index contributed by atoms with van der Waals surface area (Å²) in [4.78, 5) is 6.94. The van der Waals surface area contributed by atoms with Crippen LogP contribution in [0.4, 0.5) is 13.2 Å². The highest BCUT2D eigenvalue weighted by Gasteiger charge is 2.37. The molecule has 0 saturated carbocycles. The number of alkyl halides is 3. The second kappa shape index (κ2) is 4.65. The quantitative estimate of drug-likeness (QED) is 0.806. The molecule has 0 aliphatic carbocycles. The molecule has 0 fully saturated rings. The van der Waals surface area contributed by atoms with Crippen molar-refractivity contribution >= 4 is 0 Å². The van der Waals surface area contributed by atoms with Gasteiger partial charge in [0.05, 0.1) is 17.0 Å². The van der Waals surface area contributed by atoms with Crippen LogP contribution in [0.15, 0.2) is 24.4 Å². The van der Waals surface area contributed by atoms with E-state index in [9.17, 15) is 13.2 Å². The topological polar surface area (TPSA) is 28.7 Å². The van der Waals surface area contributed by atoms with E-state index in [2.05, 4.69) is 9.97 Å². The van der Waals surface area contributed by atoms with Crippen molar-refractivity contribution in [1.82, 2.24) is 9.97 Å². The normalized spacial score (nSPS) is 12.8. The molecule has 0 aliphatic heterocycles. The summed E-state index contributed by atoms with van der Waals surface area (Å²) in [6.07, 6.45) is -2.89. The molecule has 108 valence electrons. The Bertz CT molecular complexity index is 619. The number of nitrogens with one attached hydrogen (secondary N) is 1. The maximum Gasteiger partial charge on any atom is 0.418 e. The van der Waals surface area contributed by atoms with Gasteiger partial charge in [-0.2, -0.15) is 13.2 Å². The Morgan fingerprint density at radius 1 is 1.10 bits per heavy atom. The highest BCUT2D eigenvalue weighted by Crippen LogP contribution is 2.39.